The highest BCUT2D eigenvalue weighted by atomic mass is 16.3. The van der Waals surface area contributed by atoms with Gasteiger partial charge in [-0.1, -0.05) is 6.42 Å². The minimum Gasteiger partial charge on any atom is -0.385 e. The Kier molecular flexibility index (Phi) is 4.17. The van der Waals surface area contributed by atoms with E-state index in [0.29, 0.717) is 0 Å². The van der Waals surface area contributed by atoms with Gasteiger partial charge in [0.05, 0.1) is 0 Å². The molecule has 0 heterocycles. The first-order chi connectivity index (χ1) is 4.68. The number of hydrogen-bond acceptors (Lipinski definition) is 3. The third kappa shape index (κ3) is 3.81. The van der Waals surface area contributed by atoms with E-state index in [4.69, 9.17) is 11.5 Å². The lowest BCUT2D eigenvalue weighted by atomic mass is 10.2. The predicted octanol–water partition coefficient (Wildman–Crippen LogP) is -0.0121. The molecule has 0 aliphatic rings. The van der Waals surface area contributed by atoms with Crippen molar-refractivity contribution in [2.75, 3.05) is 0 Å². The van der Waals surface area contributed by atoms with Gasteiger partial charge in [-0.25, -0.2) is 4.99 Å². The number of Topliss-reactive ketones (excluding diaryl/α,β-unsaturated/α-hetero) is 1. The molecular formula is C7H9NO2. The van der Waals surface area contributed by atoms with E-state index in [2.05, 4.69) is 4.99 Å². The van der Waals surface area contributed by atoms with E-state index in [1.54, 1.807) is 0 Å². The van der Waals surface area contributed by atoms with Gasteiger partial charge in [0.15, 0.2) is 5.78 Å². The van der Waals surface area contributed by atoms with Gasteiger partial charge in [0.1, 0.15) is 6.10 Å². The van der Waals surface area contributed by atoms with Crippen molar-refractivity contribution in [2.24, 2.45) is 4.99 Å². The van der Waals surface area contributed by atoms with Crippen molar-refractivity contribution in [3.63, 3.8) is 0 Å². The first-order valence-electron chi connectivity index (χ1n) is 2.84. The molecule has 0 saturated carbocycles. The van der Waals surface area contributed by atoms with Crippen LogP contribution in [0.2, 0.25) is 0 Å². The Bertz CT molecular complexity index is 179. The van der Waals surface area contributed by atoms with Crippen LogP contribution in [0.5, 0.6) is 0 Å². The van der Waals surface area contributed by atoms with Gasteiger partial charge in [-0.2, -0.15) is 0 Å². The van der Waals surface area contributed by atoms with Gasteiger partial charge in [-0.05, 0) is 6.92 Å². The molecule has 1 unspecified atom stereocenters. The molecule has 3 heteroatoms. The van der Waals surface area contributed by atoms with Gasteiger partial charge in [0, 0.05) is 18.7 Å². The Labute approximate surface area is 59.8 Å². The van der Waals surface area contributed by atoms with E-state index in [1.807, 2.05) is 6.04 Å². The fourth-order valence-electron chi connectivity index (χ4n) is 0.371. The summed E-state index contributed by atoms with van der Waals surface area (Å²) in [6, 6.07) is 2.01. The molecule has 3 nitrogen and oxygen atoms in total. The minimum atomic E-state index is -0.961. The zero-order chi connectivity index (χ0) is 7.98. The molecule has 0 rings (SSSR count). The lowest BCUT2D eigenvalue weighted by Gasteiger charge is -1.98. The zero-order valence-electron chi connectivity index (χ0n) is 5.74. The normalized spacial score (nSPS) is 12.9. The average molecular weight is 139 g/mol. The SMILES string of the molecule is C#CN=CCC(O)C(C)=O. The van der Waals surface area contributed by atoms with E-state index in [-0.39, 0.29) is 12.2 Å². The second kappa shape index (κ2) is 4.71. The van der Waals surface area contributed by atoms with Gasteiger partial charge < -0.3 is 5.11 Å². The van der Waals surface area contributed by atoms with Gasteiger partial charge in [-0.15, -0.1) is 0 Å². The first-order valence-corrected chi connectivity index (χ1v) is 2.84. The maximum atomic E-state index is 10.4. The Morgan fingerprint density at radius 2 is 2.60 bits per heavy atom. The number of hydrogen-bond donors (Lipinski definition) is 1. The standard InChI is InChI=1S/C7H9NO2/c1-3-8-5-4-7(10)6(2)9/h1,5,7,10H,4H2,2H3. The fourth-order valence-corrected chi connectivity index (χ4v) is 0.371. The molecule has 1 atom stereocenters. The highest BCUT2D eigenvalue weighted by Gasteiger charge is 2.05. The summed E-state index contributed by atoms with van der Waals surface area (Å²) in [5.74, 6) is -0.275. The van der Waals surface area contributed by atoms with E-state index in [1.165, 1.54) is 13.1 Å². The molecule has 0 amide bonds. The monoisotopic (exact) mass is 139 g/mol. The maximum Gasteiger partial charge on any atom is 0.158 e. The van der Waals surface area contributed by atoms with Crippen molar-refractivity contribution >= 4 is 12.0 Å². The Hall–Kier alpha value is -1.14. The largest absolute Gasteiger partial charge is 0.385 e. The molecule has 54 valence electrons. The number of terminal acetylenes is 1. The summed E-state index contributed by atoms with van der Waals surface area (Å²) in [6.45, 7) is 1.31. The Morgan fingerprint density at radius 1 is 2.00 bits per heavy atom. The van der Waals surface area contributed by atoms with Gasteiger partial charge >= 0.3 is 0 Å². The van der Waals surface area contributed by atoms with Gasteiger partial charge in [-0.3, -0.25) is 4.79 Å². The van der Waals surface area contributed by atoms with E-state index in [0.717, 1.165) is 0 Å². The van der Waals surface area contributed by atoms with E-state index < -0.39 is 6.10 Å². The Balaban J connectivity index is 3.61. The molecule has 0 aliphatic carbocycles. The quantitative estimate of drug-likeness (QED) is 0.441. The number of aliphatic hydroxyl groups is 1. The molecular weight excluding hydrogens is 130 g/mol. The molecule has 0 radical (unpaired) electrons. The molecule has 0 spiro atoms. The molecule has 0 aromatic carbocycles. The molecule has 0 bridgehead atoms. The second-order valence-corrected chi connectivity index (χ2v) is 1.80. The van der Waals surface area contributed by atoms with Crippen LogP contribution in [0.3, 0.4) is 0 Å². The minimum absolute atomic E-state index is 0.194. The summed E-state index contributed by atoms with van der Waals surface area (Å²) in [6.07, 6.45) is 5.35. The van der Waals surface area contributed by atoms with Crippen molar-refractivity contribution in [2.45, 2.75) is 19.4 Å². The molecule has 0 aromatic rings. The summed E-state index contributed by atoms with van der Waals surface area (Å²) in [7, 11) is 0. The summed E-state index contributed by atoms with van der Waals surface area (Å²) in [5, 5.41) is 8.84. The summed E-state index contributed by atoms with van der Waals surface area (Å²) in [4.78, 5) is 13.8. The van der Waals surface area contributed by atoms with Crippen LogP contribution in [-0.4, -0.2) is 23.2 Å². The van der Waals surface area contributed by atoms with Crippen LogP contribution in [0.1, 0.15) is 13.3 Å². The third-order valence-electron chi connectivity index (χ3n) is 0.964. The topological polar surface area (TPSA) is 49.7 Å². The van der Waals surface area contributed by atoms with Crippen LogP contribution >= 0.6 is 0 Å². The summed E-state index contributed by atoms with van der Waals surface area (Å²) in [5.41, 5.74) is 0. The number of carbonyl (C=O) groups is 1. The number of aliphatic imine (C=N–C) groups is 1. The molecule has 10 heavy (non-hydrogen) atoms. The van der Waals surface area contributed by atoms with Crippen molar-refractivity contribution < 1.29 is 9.90 Å². The highest BCUT2D eigenvalue weighted by Crippen LogP contribution is 1.88. The van der Waals surface area contributed by atoms with Crippen molar-refractivity contribution in [3.8, 4) is 12.5 Å². The van der Waals surface area contributed by atoms with Crippen molar-refractivity contribution in [1.82, 2.24) is 0 Å². The van der Waals surface area contributed by atoms with Crippen LogP contribution in [0.15, 0.2) is 4.99 Å². The maximum absolute atomic E-state index is 10.4. The van der Waals surface area contributed by atoms with E-state index >= 15 is 0 Å². The van der Waals surface area contributed by atoms with Crippen LogP contribution in [0, 0.1) is 12.5 Å². The summed E-state index contributed by atoms with van der Waals surface area (Å²) < 4.78 is 0. The van der Waals surface area contributed by atoms with Gasteiger partial charge in [0.2, 0.25) is 0 Å². The molecule has 0 aromatic heterocycles. The second-order valence-electron chi connectivity index (χ2n) is 1.80. The zero-order valence-corrected chi connectivity index (χ0v) is 5.74. The fraction of sp³-hybridized carbons (Fsp3) is 0.429. The van der Waals surface area contributed by atoms with Crippen LogP contribution in [0.25, 0.3) is 0 Å². The molecule has 0 fully saturated rings. The first kappa shape index (κ1) is 8.86. The van der Waals surface area contributed by atoms with Crippen LogP contribution in [0.4, 0.5) is 0 Å². The number of nitrogens with zero attached hydrogens (tertiary/aromatic N) is 1. The summed E-state index contributed by atoms with van der Waals surface area (Å²) >= 11 is 0. The molecule has 1 N–H and O–H groups in total. The third-order valence-corrected chi connectivity index (χ3v) is 0.964. The van der Waals surface area contributed by atoms with Crippen molar-refractivity contribution in [1.29, 1.82) is 0 Å². The molecule has 0 aliphatic heterocycles. The number of ketones is 1. The molecule has 0 saturated heterocycles. The Morgan fingerprint density at radius 3 is 3.00 bits per heavy atom. The lowest BCUT2D eigenvalue weighted by molar-refractivity contribution is -0.124. The number of rotatable bonds is 3. The predicted molar refractivity (Wildman–Crippen MR) is 38.6 cm³/mol. The van der Waals surface area contributed by atoms with Crippen molar-refractivity contribution in [3.05, 3.63) is 0 Å². The van der Waals surface area contributed by atoms with Crippen LogP contribution < -0.4 is 0 Å². The number of carbonyl (C=O) groups excluding carboxylic acids is 1. The highest BCUT2D eigenvalue weighted by molar-refractivity contribution is 5.83. The van der Waals surface area contributed by atoms with Gasteiger partial charge in [0.25, 0.3) is 0 Å². The number of aliphatic hydroxyl groups excluding tert-OH is 1. The smallest absolute Gasteiger partial charge is 0.158 e. The average Bonchev–Trinajstić information content (AvgIpc) is 1.88. The lowest BCUT2D eigenvalue weighted by Crippen LogP contribution is -2.16. The van der Waals surface area contributed by atoms with E-state index in [9.17, 15) is 4.79 Å². The van der Waals surface area contributed by atoms with Crippen LogP contribution in [-0.2, 0) is 4.79 Å².